The highest BCUT2D eigenvalue weighted by Gasteiger charge is 2.05. The van der Waals surface area contributed by atoms with Gasteiger partial charge in [-0.3, -0.25) is 4.79 Å². The van der Waals surface area contributed by atoms with Crippen molar-refractivity contribution in [3.63, 3.8) is 0 Å². The highest BCUT2D eigenvalue weighted by molar-refractivity contribution is 5.87. The molecule has 11 heavy (non-hydrogen) atoms. The van der Waals surface area contributed by atoms with Gasteiger partial charge in [0.15, 0.2) is 5.78 Å². The molecule has 0 fully saturated rings. The molecule has 0 aliphatic carbocycles. The minimum atomic E-state index is 0.143. The van der Waals surface area contributed by atoms with Gasteiger partial charge in [0.1, 0.15) is 0 Å². The van der Waals surface area contributed by atoms with Crippen LogP contribution in [0.4, 0.5) is 0 Å². The molecule has 0 rings (SSSR count). The van der Waals surface area contributed by atoms with E-state index in [-0.39, 0.29) is 5.78 Å². The zero-order chi connectivity index (χ0) is 8.85. The summed E-state index contributed by atoms with van der Waals surface area (Å²) in [5.74, 6) is 1.33. The first-order valence-electron chi connectivity index (χ1n) is 4.26. The minimum Gasteiger partial charge on any atom is -0.295 e. The van der Waals surface area contributed by atoms with Crippen molar-refractivity contribution in [3.8, 4) is 0 Å². The molecule has 64 valence electrons. The molecule has 1 atom stereocenters. The molecule has 0 spiro atoms. The van der Waals surface area contributed by atoms with Crippen LogP contribution in [0.3, 0.4) is 0 Å². The van der Waals surface area contributed by atoms with Crippen molar-refractivity contribution < 1.29 is 4.79 Å². The Morgan fingerprint density at radius 2 is 2.00 bits per heavy atom. The maximum Gasteiger partial charge on any atom is 0.152 e. The van der Waals surface area contributed by atoms with Crippen LogP contribution in [0.2, 0.25) is 0 Å². The standard InChI is InChI=1S/C10H18O/c1-5-10(8(2)3)7-6-9(4)11/h6-8,10H,5H2,1-4H3/b7-6+/t10-/m1/s1. The first-order valence-corrected chi connectivity index (χ1v) is 4.26. The Balaban J connectivity index is 3.97. The number of carbonyl (C=O) groups excluding carboxylic acids is 1. The van der Waals surface area contributed by atoms with Crippen molar-refractivity contribution in [1.29, 1.82) is 0 Å². The van der Waals surface area contributed by atoms with Crippen LogP contribution in [0, 0.1) is 11.8 Å². The predicted molar refractivity (Wildman–Crippen MR) is 48.4 cm³/mol. The van der Waals surface area contributed by atoms with E-state index in [0.29, 0.717) is 11.8 Å². The van der Waals surface area contributed by atoms with Crippen molar-refractivity contribution in [2.45, 2.75) is 34.1 Å². The summed E-state index contributed by atoms with van der Waals surface area (Å²) in [6, 6.07) is 0. The van der Waals surface area contributed by atoms with Crippen LogP contribution in [-0.2, 0) is 4.79 Å². The monoisotopic (exact) mass is 154 g/mol. The molecule has 0 bridgehead atoms. The number of hydrogen-bond donors (Lipinski definition) is 0. The number of carbonyl (C=O) groups is 1. The van der Waals surface area contributed by atoms with Crippen LogP contribution in [0.1, 0.15) is 34.1 Å². The molecule has 0 unspecified atom stereocenters. The van der Waals surface area contributed by atoms with E-state index in [0.717, 1.165) is 6.42 Å². The first-order chi connectivity index (χ1) is 5.07. The normalized spacial score (nSPS) is 14.3. The maximum atomic E-state index is 10.6. The van der Waals surface area contributed by atoms with Gasteiger partial charge in [0.25, 0.3) is 0 Å². The molecule has 1 heteroatoms. The predicted octanol–water partition coefficient (Wildman–Crippen LogP) is 2.81. The van der Waals surface area contributed by atoms with Gasteiger partial charge in [0.2, 0.25) is 0 Å². The lowest BCUT2D eigenvalue weighted by Gasteiger charge is -2.13. The van der Waals surface area contributed by atoms with Crippen LogP contribution in [0.5, 0.6) is 0 Å². The second-order valence-electron chi connectivity index (χ2n) is 3.29. The molecule has 0 heterocycles. The molecular formula is C10H18O. The SMILES string of the molecule is CC[C@H](/C=C/C(C)=O)C(C)C. The van der Waals surface area contributed by atoms with Gasteiger partial charge in [0.05, 0.1) is 0 Å². The van der Waals surface area contributed by atoms with Crippen molar-refractivity contribution in [3.05, 3.63) is 12.2 Å². The van der Waals surface area contributed by atoms with Gasteiger partial charge in [-0.15, -0.1) is 0 Å². The molecule has 0 aromatic carbocycles. The Morgan fingerprint density at radius 3 is 2.27 bits per heavy atom. The number of rotatable bonds is 4. The second-order valence-corrected chi connectivity index (χ2v) is 3.29. The van der Waals surface area contributed by atoms with E-state index < -0.39 is 0 Å². The van der Waals surface area contributed by atoms with E-state index in [9.17, 15) is 4.79 Å². The summed E-state index contributed by atoms with van der Waals surface area (Å²) in [7, 11) is 0. The average Bonchev–Trinajstić information content (AvgIpc) is 1.87. The summed E-state index contributed by atoms with van der Waals surface area (Å²) in [4.78, 5) is 10.6. The maximum absolute atomic E-state index is 10.6. The number of hydrogen-bond acceptors (Lipinski definition) is 1. The highest BCUT2D eigenvalue weighted by atomic mass is 16.1. The lowest BCUT2D eigenvalue weighted by molar-refractivity contribution is -0.112. The van der Waals surface area contributed by atoms with Crippen LogP contribution in [-0.4, -0.2) is 5.78 Å². The van der Waals surface area contributed by atoms with E-state index in [4.69, 9.17) is 0 Å². The Morgan fingerprint density at radius 1 is 1.45 bits per heavy atom. The average molecular weight is 154 g/mol. The summed E-state index contributed by atoms with van der Waals surface area (Å²) in [5.41, 5.74) is 0. The van der Waals surface area contributed by atoms with E-state index >= 15 is 0 Å². The fourth-order valence-corrected chi connectivity index (χ4v) is 1.09. The fraction of sp³-hybridized carbons (Fsp3) is 0.700. The zero-order valence-electron chi connectivity index (χ0n) is 7.92. The molecule has 0 aliphatic heterocycles. The Labute approximate surface area is 69.5 Å². The van der Waals surface area contributed by atoms with Gasteiger partial charge in [-0.1, -0.05) is 26.8 Å². The van der Waals surface area contributed by atoms with E-state index in [1.807, 2.05) is 6.08 Å². The minimum absolute atomic E-state index is 0.143. The number of allylic oxidation sites excluding steroid dienone is 2. The Kier molecular flexibility index (Phi) is 4.84. The van der Waals surface area contributed by atoms with Gasteiger partial charge >= 0.3 is 0 Å². The number of ketones is 1. The first kappa shape index (κ1) is 10.4. The van der Waals surface area contributed by atoms with Crippen LogP contribution in [0.25, 0.3) is 0 Å². The third-order valence-corrected chi connectivity index (χ3v) is 1.91. The lowest BCUT2D eigenvalue weighted by atomic mass is 9.93. The summed E-state index contributed by atoms with van der Waals surface area (Å²) in [6.07, 6.45) is 4.81. The molecular weight excluding hydrogens is 136 g/mol. The summed E-state index contributed by atoms with van der Waals surface area (Å²) in [5, 5.41) is 0. The molecule has 0 saturated carbocycles. The van der Waals surface area contributed by atoms with Gasteiger partial charge < -0.3 is 0 Å². The van der Waals surface area contributed by atoms with E-state index in [2.05, 4.69) is 20.8 Å². The molecule has 1 nitrogen and oxygen atoms in total. The van der Waals surface area contributed by atoms with Crippen molar-refractivity contribution in [1.82, 2.24) is 0 Å². The lowest BCUT2D eigenvalue weighted by Crippen LogP contribution is -2.03. The zero-order valence-corrected chi connectivity index (χ0v) is 7.92. The van der Waals surface area contributed by atoms with E-state index in [1.165, 1.54) is 0 Å². The Hall–Kier alpha value is -0.590. The molecule has 0 aliphatic rings. The van der Waals surface area contributed by atoms with Gasteiger partial charge in [-0.2, -0.15) is 0 Å². The van der Waals surface area contributed by atoms with Crippen molar-refractivity contribution >= 4 is 5.78 Å². The third kappa shape index (κ3) is 4.77. The van der Waals surface area contributed by atoms with Crippen LogP contribution >= 0.6 is 0 Å². The summed E-state index contributed by atoms with van der Waals surface area (Å²) < 4.78 is 0. The summed E-state index contributed by atoms with van der Waals surface area (Å²) in [6.45, 7) is 8.09. The Bertz CT molecular complexity index is 145. The largest absolute Gasteiger partial charge is 0.295 e. The van der Waals surface area contributed by atoms with Gasteiger partial charge in [-0.05, 0) is 31.3 Å². The smallest absolute Gasteiger partial charge is 0.152 e. The fourth-order valence-electron chi connectivity index (χ4n) is 1.09. The van der Waals surface area contributed by atoms with Crippen LogP contribution < -0.4 is 0 Å². The topological polar surface area (TPSA) is 17.1 Å². The van der Waals surface area contributed by atoms with Crippen LogP contribution in [0.15, 0.2) is 12.2 Å². The summed E-state index contributed by atoms with van der Waals surface area (Å²) >= 11 is 0. The molecule has 0 amide bonds. The molecule has 0 saturated heterocycles. The molecule has 0 aromatic heterocycles. The molecule has 0 radical (unpaired) electrons. The quantitative estimate of drug-likeness (QED) is 0.569. The van der Waals surface area contributed by atoms with E-state index in [1.54, 1.807) is 13.0 Å². The van der Waals surface area contributed by atoms with Crippen molar-refractivity contribution in [2.75, 3.05) is 0 Å². The van der Waals surface area contributed by atoms with Gasteiger partial charge in [0, 0.05) is 0 Å². The third-order valence-electron chi connectivity index (χ3n) is 1.91. The van der Waals surface area contributed by atoms with Crippen molar-refractivity contribution in [2.24, 2.45) is 11.8 Å². The second kappa shape index (κ2) is 5.11. The molecule has 0 aromatic rings. The molecule has 0 N–H and O–H groups in total. The highest BCUT2D eigenvalue weighted by Crippen LogP contribution is 2.15. The van der Waals surface area contributed by atoms with Gasteiger partial charge in [-0.25, -0.2) is 0 Å².